The average Bonchev–Trinajstić information content (AvgIpc) is 2.74. The lowest BCUT2D eigenvalue weighted by Gasteiger charge is -2.22. The maximum absolute atomic E-state index is 11.1. The Morgan fingerprint density at radius 3 is 1.67 bits per heavy atom. The van der Waals surface area contributed by atoms with Gasteiger partial charge in [-0.05, 0) is 25.1 Å². The summed E-state index contributed by atoms with van der Waals surface area (Å²) < 4.78 is 11.3. The lowest BCUT2D eigenvalue weighted by Crippen LogP contribution is -2.33. The molecule has 0 fully saturated rings. The van der Waals surface area contributed by atoms with Crippen LogP contribution < -0.4 is 9.47 Å². The molecule has 9 nitrogen and oxygen atoms in total. The largest absolute Gasteiger partial charge is 0.485 e. The van der Waals surface area contributed by atoms with Gasteiger partial charge in [-0.1, -0.05) is 44.0 Å². The van der Waals surface area contributed by atoms with E-state index in [9.17, 15) is 20.2 Å². The van der Waals surface area contributed by atoms with Gasteiger partial charge < -0.3 is 9.47 Å². The Kier molecular flexibility index (Phi) is 9.53. The van der Waals surface area contributed by atoms with Gasteiger partial charge in [-0.3, -0.25) is 25.1 Å². The first-order valence-corrected chi connectivity index (χ1v) is 9.97. The minimum Gasteiger partial charge on any atom is -0.485 e. The predicted octanol–water partition coefficient (Wildman–Crippen LogP) is 4.45. The lowest BCUT2D eigenvalue weighted by molar-refractivity contribution is -0.386. The number of hydrogen-bond donors (Lipinski definition) is 0. The van der Waals surface area contributed by atoms with Crippen LogP contribution in [0.5, 0.6) is 11.5 Å². The molecule has 2 aromatic rings. The Bertz CT molecular complexity index is 766. The molecule has 0 aromatic heterocycles. The van der Waals surface area contributed by atoms with E-state index in [1.807, 2.05) is 0 Å². The standard InChI is InChI=1S/C21H27N3O6/c1-2-3-8-13-22(14-16-29-20-11-6-4-9-18(20)23(25)26)15-17-30-21-12-7-5-10-19(21)24(27)28/h4-7,9-12H,2-3,8,13-17H2,1H3. The summed E-state index contributed by atoms with van der Waals surface area (Å²) >= 11 is 0. The summed E-state index contributed by atoms with van der Waals surface area (Å²) in [5, 5.41) is 22.2. The van der Waals surface area contributed by atoms with Crippen LogP contribution in [0.4, 0.5) is 11.4 Å². The van der Waals surface area contributed by atoms with E-state index in [-0.39, 0.29) is 22.9 Å². The molecule has 162 valence electrons. The van der Waals surface area contributed by atoms with E-state index in [0.717, 1.165) is 25.8 Å². The van der Waals surface area contributed by atoms with Crippen molar-refractivity contribution in [1.29, 1.82) is 0 Å². The first-order valence-electron chi connectivity index (χ1n) is 9.97. The van der Waals surface area contributed by atoms with Crippen molar-refractivity contribution in [2.45, 2.75) is 26.2 Å². The van der Waals surface area contributed by atoms with Crippen molar-refractivity contribution in [3.63, 3.8) is 0 Å². The van der Waals surface area contributed by atoms with Gasteiger partial charge in [-0.2, -0.15) is 0 Å². The first kappa shape index (κ1) is 23.1. The number of ether oxygens (including phenoxy) is 2. The number of nitro benzene ring substituents is 2. The fourth-order valence-corrected chi connectivity index (χ4v) is 2.95. The van der Waals surface area contributed by atoms with Crippen LogP contribution in [-0.4, -0.2) is 47.6 Å². The van der Waals surface area contributed by atoms with Crippen molar-refractivity contribution in [3.05, 3.63) is 68.8 Å². The smallest absolute Gasteiger partial charge is 0.310 e. The van der Waals surface area contributed by atoms with Gasteiger partial charge in [-0.25, -0.2) is 0 Å². The van der Waals surface area contributed by atoms with Crippen LogP contribution >= 0.6 is 0 Å². The molecule has 30 heavy (non-hydrogen) atoms. The highest BCUT2D eigenvalue weighted by Crippen LogP contribution is 2.26. The second kappa shape index (κ2) is 12.4. The highest BCUT2D eigenvalue weighted by molar-refractivity contribution is 5.46. The molecule has 0 spiro atoms. The van der Waals surface area contributed by atoms with Gasteiger partial charge in [0.25, 0.3) is 0 Å². The second-order valence-electron chi connectivity index (χ2n) is 6.70. The third kappa shape index (κ3) is 7.32. The van der Waals surface area contributed by atoms with Crippen LogP contribution in [0.1, 0.15) is 26.2 Å². The van der Waals surface area contributed by atoms with Crippen molar-refractivity contribution < 1.29 is 19.3 Å². The van der Waals surface area contributed by atoms with Crippen LogP contribution in [0.3, 0.4) is 0 Å². The Labute approximate surface area is 175 Å². The molecule has 2 rings (SSSR count). The molecule has 0 atom stereocenters. The van der Waals surface area contributed by atoms with Crippen molar-refractivity contribution in [3.8, 4) is 11.5 Å². The van der Waals surface area contributed by atoms with Crippen molar-refractivity contribution in [1.82, 2.24) is 4.90 Å². The molecular weight excluding hydrogens is 390 g/mol. The molecule has 0 amide bonds. The van der Waals surface area contributed by atoms with E-state index >= 15 is 0 Å². The molecule has 0 heterocycles. The number of para-hydroxylation sites is 4. The molecule has 0 aliphatic carbocycles. The van der Waals surface area contributed by atoms with Gasteiger partial charge in [0.2, 0.25) is 0 Å². The Hall–Kier alpha value is -3.20. The van der Waals surface area contributed by atoms with E-state index < -0.39 is 9.85 Å². The monoisotopic (exact) mass is 417 g/mol. The van der Waals surface area contributed by atoms with Crippen LogP contribution in [0.25, 0.3) is 0 Å². The van der Waals surface area contributed by atoms with Gasteiger partial charge in [0.15, 0.2) is 11.5 Å². The third-order valence-electron chi connectivity index (χ3n) is 4.53. The summed E-state index contributed by atoms with van der Waals surface area (Å²) in [6.45, 7) is 4.67. The fraction of sp³-hybridized carbons (Fsp3) is 0.429. The topological polar surface area (TPSA) is 108 Å². The molecule has 0 aliphatic rings. The van der Waals surface area contributed by atoms with E-state index in [1.165, 1.54) is 12.1 Å². The Balaban J connectivity index is 1.89. The molecule has 2 aromatic carbocycles. The van der Waals surface area contributed by atoms with Crippen molar-refractivity contribution >= 4 is 11.4 Å². The summed E-state index contributed by atoms with van der Waals surface area (Å²) in [6.07, 6.45) is 3.19. The average molecular weight is 417 g/mol. The zero-order valence-electron chi connectivity index (χ0n) is 17.1. The molecule has 0 unspecified atom stereocenters. The molecule has 9 heteroatoms. The van der Waals surface area contributed by atoms with Crippen molar-refractivity contribution in [2.24, 2.45) is 0 Å². The third-order valence-corrected chi connectivity index (χ3v) is 4.53. The maximum Gasteiger partial charge on any atom is 0.310 e. The summed E-state index contributed by atoms with van der Waals surface area (Å²) in [6, 6.07) is 12.6. The molecule has 0 N–H and O–H groups in total. The van der Waals surface area contributed by atoms with Crippen LogP contribution in [0, 0.1) is 20.2 Å². The van der Waals surface area contributed by atoms with Gasteiger partial charge in [0, 0.05) is 25.2 Å². The highest BCUT2D eigenvalue weighted by atomic mass is 16.6. The fourth-order valence-electron chi connectivity index (χ4n) is 2.95. The molecule has 0 bridgehead atoms. The minimum atomic E-state index is -0.463. The van der Waals surface area contributed by atoms with Gasteiger partial charge in [0.1, 0.15) is 13.2 Å². The Morgan fingerprint density at radius 1 is 0.767 bits per heavy atom. The minimum absolute atomic E-state index is 0.0604. The van der Waals surface area contributed by atoms with E-state index in [4.69, 9.17) is 9.47 Å². The van der Waals surface area contributed by atoms with E-state index in [1.54, 1.807) is 36.4 Å². The zero-order valence-corrected chi connectivity index (χ0v) is 17.1. The van der Waals surface area contributed by atoms with E-state index in [0.29, 0.717) is 26.3 Å². The number of unbranched alkanes of at least 4 members (excludes halogenated alkanes) is 2. The van der Waals surface area contributed by atoms with Crippen LogP contribution in [-0.2, 0) is 0 Å². The predicted molar refractivity (Wildman–Crippen MR) is 113 cm³/mol. The lowest BCUT2D eigenvalue weighted by atomic mass is 10.2. The number of hydrogen-bond acceptors (Lipinski definition) is 7. The Morgan fingerprint density at radius 2 is 1.23 bits per heavy atom. The number of nitro groups is 2. The first-order chi connectivity index (χ1) is 14.5. The second-order valence-corrected chi connectivity index (χ2v) is 6.70. The quantitative estimate of drug-likeness (QED) is 0.254. The van der Waals surface area contributed by atoms with Gasteiger partial charge in [0.05, 0.1) is 9.85 Å². The summed E-state index contributed by atoms with van der Waals surface area (Å²) in [5.41, 5.74) is -0.121. The molecule has 0 saturated carbocycles. The SMILES string of the molecule is CCCCCN(CCOc1ccccc1[N+](=O)[O-])CCOc1ccccc1[N+](=O)[O-]. The van der Waals surface area contributed by atoms with Gasteiger partial charge >= 0.3 is 11.4 Å². The molecule has 0 radical (unpaired) electrons. The molecule has 0 aliphatic heterocycles. The summed E-state index contributed by atoms with van der Waals surface area (Å²) in [5.74, 6) is 0.485. The summed E-state index contributed by atoms with van der Waals surface area (Å²) in [4.78, 5) is 23.4. The summed E-state index contributed by atoms with van der Waals surface area (Å²) in [7, 11) is 0. The normalized spacial score (nSPS) is 10.7. The van der Waals surface area contributed by atoms with E-state index in [2.05, 4.69) is 11.8 Å². The number of nitrogens with zero attached hydrogens (tertiary/aromatic N) is 3. The van der Waals surface area contributed by atoms with Gasteiger partial charge in [-0.15, -0.1) is 0 Å². The maximum atomic E-state index is 11.1. The zero-order chi connectivity index (χ0) is 21.8. The van der Waals surface area contributed by atoms with Crippen LogP contribution in [0.2, 0.25) is 0 Å². The number of rotatable bonds is 14. The van der Waals surface area contributed by atoms with Crippen molar-refractivity contribution in [2.75, 3.05) is 32.8 Å². The molecular formula is C21H27N3O6. The molecule has 0 saturated heterocycles. The van der Waals surface area contributed by atoms with Crippen LogP contribution in [0.15, 0.2) is 48.5 Å². The highest BCUT2D eigenvalue weighted by Gasteiger charge is 2.16. The number of benzene rings is 2.